The second-order valence-corrected chi connectivity index (χ2v) is 5.94. The first-order valence-electron chi connectivity index (χ1n) is 7.45. The fraction of sp³-hybridized carbons (Fsp3) is 0.211. The highest BCUT2D eigenvalue weighted by Crippen LogP contribution is 2.56. The molecular weight excluding hydrogens is 256 g/mol. The molecule has 1 aliphatic carbocycles. The average molecular weight is 274 g/mol. The van der Waals surface area contributed by atoms with Crippen LogP contribution in [0.5, 0.6) is 0 Å². The zero-order valence-corrected chi connectivity index (χ0v) is 11.9. The predicted octanol–water partition coefficient (Wildman–Crippen LogP) is 3.97. The summed E-state index contributed by atoms with van der Waals surface area (Å²) in [6.07, 6.45) is 6.09. The molecule has 1 atom stereocenters. The normalized spacial score (nSPS) is 17.6. The molecule has 1 unspecified atom stereocenters. The van der Waals surface area contributed by atoms with Crippen LogP contribution in [0.1, 0.15) is 30.0 Å². The van der Waals surface area contributed by atoms with Gasteiger partial charge in [0.2, 0.25) is 0 Å². The molecule has 2 aromatic carbocycles. The first-order valence-corrected chi connectivity index (χ1v) is 7.45. The van der Waals surface area contributed by atoms with Crippen molar-refractivity contribution in [3.8, 4) is 0 Å². The Morgan fingerprint density at radius 3 is 2.52 bits per heavy atom. The number of benzene rings is 2. The van der Waals surface area contributed by atoms with Crippen LogP contribution in [0.25, 0.3) is 10.8 Å². The molecule has 0 aliphatic heterocycles. The van der Waals surface area contributed by atoms with E-state index in [0.717, 1.165) is 12.8 Å². The van der Waals surface area contributed by atoms with Crippen LogP contribution in [0.15, 0.2) is 67.0 Å². The summed E-state index contributed by atoms with van der Waals surface area (Å²) in [7, 11) is 0. The lowest BCUT2D eigenvalue weighted by Crippen LogP contribution is -2.26. The van der Waals surface area contributed by atoms with E-state index < -0.39 is 0 Å². The minimum Gasteiger partial charge on any atom is -0.323 e. The number of pyridine rings is 1. The van der Waals surface area contributed by atoms with Crippen LogP contribution in [0, 0.1) is 0 Å². The van der Waals surface area contributed by atoms with Gasteiger partial charge in [-0.2, -0.15) is 0 Å². The van der Waals surface area contributed by atoms with Crippen molar-refractivity contribution in [1.82, 2.24) is 4.98 Å². The van der Waals surface area contributed by atoms with Gasteiger partial charge in [0.05, 0.1) is 0 Å². The Morgan fingerprint density at radius 2 is 1.76 bits per heavy atom. The van der Waals surface area contributed by atoms with E-state index in [4.69, 9.17) is 5.73 Å². The second-order valence-electron chi connectivity index (χ2n) is 5.94. The lowest BCUT2D eigenvalue weighted by Gasteiger charge is -2.25. The molecular formula is C19H18N2. The van der Waals surface area contributed by atoms with Gasteiger partial charge in [-0.15, -0.1) is 0 Å². The Labute approximate surface area is 124 Å². The van der Waals surface area contributed by atoms with E-state index in [2.05, 4.69) is 53.5 Å². The number of aromatic nitrogens is 1. The number of fused-ring (bicyclic) bond motifs is 1. The summed E-state index contributed by atoms with van der Waals surface area (Å²) in [6, 6.07) is 19.1. The van der Waals surface area contributed by atoms with Gasteiger partial charge >= 0.3 is 0 Å². The van der Waals surface area contributed by atoms with E-state index in [1.807, 2.05) is 18.5 Å². The molecule has 1 saturated carbocycles. The number of hydrogen-bond acceptors (Lipinski definition) is 2. The Morgan fingerprint density at radius 1 is 0.952 bits per heavy atom. The van der Waals surface area contributed by atoms with Gasteiger partial charge in [0.15, 0.2) is 0 Å². The van der Waals surface area contributed by atoms with Crippen LogP contribution < -0.4 is 5.73 Å². The molecule has 1 heterocycles. The van der Waals surface area contributed by atoms with Crippen LogP contribution in [0.2, 0.25) is 0 Å². The fourth-order valence-corrected chi connectivity index (χ4v) is 3.39. The number of nitrogens with zero attached hydrogens (tertiary/aromatic N) is 1. The van der Waals surface area contributed by atoms with Crippen LogP contribution in [-0.2, 0) is 5.41 Å². The van der Waals surface area contributed by atoms with Crippen LogP contribution in [0.4, 0.5) is 0 Å². The first kappa shape index (κ1) is 12.5. The van der Waals surface area contributed by atoms with Gasteiger partial charge in [-0.05, 0) is 35.4 Å². The lowest BCUT2D eigenvalue weighted by molar-refractivity contribution is 0.545. The van der Waals surface area contributed by atoms with E-state index in [1.165, 1.54) is 21.9 Å². The maximum absolute atomic E-state index is 6.71. The summed E-state index contributed by atoms with van der Waals surface area (Å²) in [5, 5.41) is 2.39. The van der Waals surface area contributed by atoms with Crippen LogP contribution in [0.3, 0.4) is 0 Å². The molecule has 3 aromatic rings. The van der Waals surface area contributed by atoms with E-state index in [-0.39, 0.29) is 11.5 Å². The quantitative estimate of drug-likeness (QED) is 0.785. The number of hydrogen-bond donors (Lipinski definition) is 1. The minimum absolute atomic E-state index is 0.0211. The molecule has 0 radical (unpaired) electrons. The number of rotatable bonds is 3. The van der Waals surface area contributed by atoms with Gasteiger partial charge in [-0.3, -0.25) is 4.98 Å². The number of nitrogens with two attached hydrogens (primary N) is 1. The Balaban J connectivity index is 1.83. The predicted molar refractivity (Wildman–Crippen MR) is 86.0 cm³/mol. The van der Waals surface area contributed by atoms with Gasteiger partial charge in [-0.25, -0.2) is 0 Å². The second kappa shape index (κ2) is 4.68. The van der Waals surface area contributed by atoms with Crippen molar-refractivity contribution >= 4 is 10.8 Å². The Kier molecular flexibility index (Phi) is 2.79. The van der Waals surface area contributed by atoms with Gasteiger partial charge in [-0.1, -0.05) is 48.5 Å². The van der Waals surface area contributed by atoms with E-state index in [1.54, 1.807) is 0 Å². The maximum atomic E-state index is 6.71. The Hall–Kier alpha value is -2.19. The molecule has 2 heteroatoms. The van der Waals surface area contributed by atoms with Gasteiger partial charge < -0.3 is 5.73 Å². The summed E-state index contributed by atoms with van der Waals surface area (Å²) in [4.78, 5) is 4.28. The van der Waals surface area contributed by atoms with Gasteiger partial charge in [0, 0.05) is 29.2 Å². The molecule has 0 spiro atoms. The third kappa shape index (κ3) is 1.95. The first-order chi connectivity index (χ1) is 10.3. The third-order valence-electron chi connectivity index (χ3n) is 4.79. The topological polar surface area (TPSA) is 38.9 Å². The maximum Gasteiger partial charge on any atom is 0.0399 e. The minimum atomic E-state index is 0.0211. The van der Waals surface area contributed by atoms with Crippen LogP contribution in [-0.4, -0.2) is 4.98 Å². The summed E-state index contributed by atoms with van der Waals surface area (Å²) < 4.78 is 0. The van der Waals surface area contributed by atoms with Gasteiger partial charge in [0.1, 0.15) is 0 Å². The monoisotopic (exact) mass is 274 g/mol. The molecule has 2 nitrogen and oxygen atoms in total. The smallest absolute Gasteiger partial charge is 0.0399 e. The molecule has 0 amide bonds. The Bertz CT molecular complexity index is 770. The van der Waals surface area contributed by atoms with Gasteiger partial charge in [0.25, 0.3) is 0 Å². The van der Waals surface area contributed by atoms with Crippen molar-refractivity contribution in [1.29, 1.82) is 0 Å². The van der Waals surface area contributed by atoms with E-state index in [9.17, 15) is 0 Å². The molecule has 104 valence electrons. The van der Waals surface area contributed by atoms with Crippen molar-refractivity contribution < 1.29 is 0 Å². The van der Waals surface area contributed by atoms with E-state index in [0.29, 0.717) is 0 Å². The lowest BCUT2D eigenvalue weighted by atomic mass is 9.83. The summed E-state index contributed by atoms with van der Waals surface area (Å²) in [5.74, 6) is 0. The molecule has 1 fully saturated rings. The van der Waals surface area contributed by atoms with Crippen molar-refractivity contribution in [2.24, 2.45) is 5.73 Å². The molecule has 1 aromatic heterocycles. The molecule has 21 heavy (non-hydrogen) atoms. The molecule has 4 rings (SSSR count). The standard InChI is InChI=1S/C19H18N2/c20-18(19(10-11-19)15-6-2-1-3-7-15)16-8-4-5-14-9-12-21-13-17(14)16/h1-9,12-13,18H,10-11,20H2. The molecule has 2 N–H and O–H groups in total. The highest BCUT2D eigenvalue weighted by Gasteiger charge is 2.49. The van der Waals surface area contributed by atoms with Crippen LogP contribution >= 0.6 is 0 Å². The highest BCUT2D eigenvalue weighted by molar-refractivity contribution is 5.85. The fourth-order valence-electron chi connectivity index (χ4n) is 3.39. The summed E-state index contributed by atoms with van der Waals surface area (Å²) in [5.41, 5.74) is 9.38. The molecule has 0 bridgehead atoms. The largest absolute Gasteiger partial charge is 0.323 e. The SMILES string of the molecule is NC(c1cccc2ccncc12)C1(c2ccccc2)CC1. The van der Waals surface area contributed by atoms with Crippen molar-refractivity contribution in [3.63, 3.8) is 0 Å². The van der Waals surface area contributed by atoms with Crippen molar-refractivity contribution in [2.45, 2.75) is 24.3 Å². The molecule has 1 aliphatic rings. The van der Waals surface area contributed by atoms with E-state index >= 15 is 0 Å². The molecule has 0 saturated heterocycles. The summed E-state index contributed by atoms with van der Waals surface area (Å²) in [6.45, 7) is 0. The average Bonchev–Trinajstić information content (AvgIpc) is 3.36. The van der Waals surface area contributed by atoms with Crippen molar-refractivity contribution in [2.75, 3.05) is 0 Å². The zero-order chi connectivity index (χ0) is 14.3. The van der Waals surface area contributed by atoms with Crippen molar-refractivity contribution in [3.05, 3.63) is 78.1 Å². The summed E-state index contributed by atoms with van der Waals surface area (Å²) >= 11 is 0. The highest BCUT2D eigenvalue weighted by atomic mass is 14.7. The zero-order valence-electron chi connectivity index (χ0n) is 11.9. The third-order valence-corrected chi connectivity index (χ3v) is 4.79.